The molecule has 3 rings (SSSR count). The van der Waals surface area contributed by atoms with Crippen molar-refractivity contribution in [3.63, 3.8) is 0 Å². The van der Waals surface area contributed by atoms with E-state index in [9.17, 15) is 9.59 Å². The van der Waals surface area contributed by atoms with E-state index in [0.29, 0.717) is 17.1 Å². The molecule has 0 bridgehead atoms. The van der Waals surface area contributed by atoms with Gasteiger partial charge in [-0.15, -0.1) is 0 Å². The van der Waals surface area contributed by atoms with Crippen LogP contribution in [0, 0.1) is 27.7 Å². The van der Waals surface area contributed by atoms with E-state index in [0.717, 1.165) is 16.7 Å². The number of fused-ring (bicyclic) bond motifs is 1. The van der Waals surface area contributed by atoms with Gasteiger partial charge in [-0.05, 0) is 75.6 Å². The minimum atomic E-state index is -0.760. The van der Waals surface area contributed by atoms with Crippen LogP contribution in [0.3, 0.4) is 0 Å². The molecule has 1 amide bonds. The standard InChI is InChI=1S/C21H23N3O3/c1-12-8-9-24-18(10-12)22-15(4)19(21(24)26)23-20(25)16(5)27-17-7-6-13(2)14(3)11-17/h6-11,16H,1-5H3,(H,23,25)/t16-/m0/s1. The lowest BCUT2D eigenvalue weighted by Crippen LogP contribution is -2.33. The average Bonchev–Trinajstić information content (AvgIpc) is 2.61. The Labute approximate surface area is 157 Å². The minimum absolute atomic E-state index is 0.164. The second kappa shape index (κ2) is 7.23. The Morgan fingerprint density at radius 3 is 2.56 bits per heavy atom. The van der Waals surface area contributed by atoms with Crippen LogP contribution in [-0.2, 0) is 4.79 Å². The van der Waals surface area contributed by atoms with Crippen LogP contribution in [0.1, 0.15) is 29.3 Å². The average molecular weight is 365 g/mol. The van der Waals surface area contributed by atoms with Gasteiger partial charge in [-0.1, -0.05) is 6.07 Å². The summed E-state index contributed by atoms with van der Waals surface area (Å²) < 4.78 is 7.15. The van der Waals surface area contributed by atoms with Crippen LogP contribution in [0.4, 0.5) is 5.69 Å². The normalized spacial score (nSPS) is 12.0. The Bertz CT molecular complexity index is 1090. The summed E-state index contributed by atoms with van der Waals surface area (Å²) in [5.41, 5.74) is 4.12. The number of hydrogen-bond acceptors (Lipinski definition) is 4. The fourth-order valence-electron chi connectivity index (χ4n) is 2.76. The first kappa shape index (κ1) is 18.6. The molecule has 1 aromatic carbocycles. The number of carbonyl (C=O) groups is 1. The molecular formula is C21H23N3O3. The van der Waals surface area contributed by atoms with Gasteiger partial charge in [-0.25, -0.2) is 4.98 Å². The van der Waals surface area contributed by atoms with Crippen molar-refractivity contribution in [2.45, 2.75) is 40.7 Å². The summed E-state index contributed by atoms with van der Waals surface area (Å²) in [5.74, 6) is 0.212. The largest absolute Gasteiger partial charge is 0.481 e. The fraction of sp³-hybridized carbons (Fsp3) is 0.286. The van der Waals surface area contributed by atoms with Crippen molar-refractivity contribution >= 4 is 17.2 Å². The van der Waals surface area contributed by atoms with E-state index in [1.807, 2.05) is 51.1 Å². The maximum atomic E-state index is 12.7. The quantitative estimate of drug-likeness (QED) is 0.770. The smallest absolute Gasteiger partial charge is 0.281 e. The van der Waals surface area contributed by atoms with E-state index >= 15 is 0 Å². The summed E-state index contributed by atoms with van der Waals surface area (Å²) in [6.07, 6.45) is 0.897. The first-order valence-electron chi connectivity index (χ1n) is 8.80. The zero-order valence-electron chi connectivity index (χ0n) is 16.2. The Morgan fingerprint density at radius 1 is 1.11 bits per heavy atom. The number of amides is 1. The number of pyridine rings is 1. The molecule has 0 fully saturated rings. The molecule has 0 aliphatic carbocycles. The predicted molar refractivity (Wildman–Crippen MR) is 106 cm³/mol. The molecule has 0 aliphatic rings. The van der Waals surface area contributed by atoms with E-state index in [-0.39, 0.29) is 11.2 Å². The lowest BCUT2D eigenvalue weighted by Gasteiger charge is -2.16. The van der Waals surface area contributed by atoms with E-state index < -0.39 is 12.0 Å². The number of rotatable bonds is 4. The van der Waals surface area contributed by atoms with Crippen LogP contribution < -0.4 is 15.6 Å². The molecule has 27 heavy (non-hydrogen) atoms. The zero-order chi connectivity index (χ0) is 19.7. The molecule has 2 heterocycles. The zero-order valence-corrected chi connectivity index (χ0v) is 16.2. The highest BCUT2D eigenvalue weighted by atomic mass is 16.5. The van der Waals surface area contributed by atoms with E-state index in [4.69, 9.17) is 4.74 Å². The molecule has 6 nitrogen and oxygen atoms in total. The second-order valence-electron chi connectivity index (χ2n) is 6.81. The molecule has 0 saturated carbocycles. The topological polar surface area (TPSA) is 72.7 Å². The first-order valence-corrected chi connectivity index (χ1v) is 8.80. The Kier molecular flexibility index (Phi) is 4.99. The third-order valence-electron chi connectivity index (χ3n) is 4.58. The number of ether oxygens (including phenoxy) is 1. The van der Waals surface area contributed by atoms with Gasteiger partial charge in [0.05, 0.1) is 5.69 Å². The highest BCUT2D eigenvalue weighted by Gasteiger charge is 2.19. The number of anilines is 1. The number of hydrogen-bond donors (Lipinski definition) is 1. The van der Waals surface area contributed by atoms with Crippen LogP contribution in [-0.4, -0.2) is 21.4 Å². The molecule has 0 radical (unpaired) electrons. The van der Waals surface area contributed by atoms with Gasteiger partial charge in [0.1, 0.15) is 17.1 Å². The van der Waals surface area contributed by atoms with Crippen LogP contribution in [0.25, 0.3) is 5.65 Å². The van der Waals surface area contributed by atoms with E-state index in [2.05, 4.69) is 10.3 Å². The van der Waals surface area contributed by atoms with Gasteiger partial charge in [0.2, 0.25) is 0 Å². The molecular weight excluding hydrogens is 342 g/mol. The summed E-state index contributed by atoms with van der Waals surface area (Å²) in [4.78, 5) is 29.7. The van der Waals surface area contributed by atoms with Crippen molar-refractivity contribution < 1.29 is 9.53 Å². The summed E-state index contributed by atoms with van der Waals surface area (Å²) in [7, 11) is 0. The molecule has 2 aromatic heterocycles. The number of aryl methyl sites for hydroxylation is 4. The van der Waals surface area contributed by atoms with Gasteiger partial charge in [0.25, 0.3) is 11.5 Å². The van der Waals surface area contributed by atoms with Crippen LogP contribution in [0.5, 0.6) is 5.75 Å². The van der Waals surface area contributed by atoms with Gasteiger partial charge in [0.15, 0.2) is 6.10 Å². The number of carbonyl (C=O) groups excluding carboxylic acids is 1. The van der Waals surface area contributed by atoms with Gasteiger partial charge < -0.3 is 10.1 Å². The third-order valence-corrected chi connectivity index (χ3v) is 4.58. The van der Waals surface area contributed by atoms with Gasteiger partial charge in [0, 0.05) is 6.20 Å². The van der Waals surface area contributed by atoms with Crippen molar-refractivity contribution in [3.8, 4) is 5.75 Å². The van der Waals surface area contributed by atoms with Gasteiger partial charge >= 0.3 is 0 Å². The molecule has 140 valence electrons. The molecule has 6 heteroatoms. The summed E-state index contributed by atoms with van der Waals surface area (Å²) in [6.45, 7) is 9.28. The maximum absolute atomic E-state index is 12.7. The predicted octanol–water partition coefficient (Wildman–Crippen LogP) is 3.33. The highest BCUT2D eigenvalue weighted by molar-refractivity contribution is 5.94. The highest BCUT2D eigenvalue weighted by Crippen LogP contribution is 2.18. The summed E-state index contributed by atoms with van der Waals surface area (Å²) >= 11 is 0. The van der Waals surface area contributed by atoms with Crippen molar-refractivity contribution in [2.75, 3.05) is 5.32 Å². The SMILES string of the molecule is Cc1ccn2c(=O)c(NC(=O)[C@H](C)Oc3ccc(C)c(C)c3)c(C)nc2c1. The van der Waals surface area contributed by atoms with Crippen molar-refractivity contribution in [1.29, 1.82) is 0 Å². The van der Waals surface area contributed by atoms with Gasteiger partial charge in [-0.3, -0.25) is 14.0 Å². The Morgan fingerprint density at radius 2 is 1.85 bits per heavy atom. The molecule has 0 aliphatic heterocycles. The van der Waals surface area contributed by atoms with Crippen molar-refractivity contribution in [3.05, 3.63) is 69.3 Å². The number of aromatic nitrogens is 2. The molecule has 1 atom stereocenters. The summed E-state index contributed by atoms with van der Waals surface area (Å²) in [6, 6.07) is 9.31. The van der Waals surface area contributed by atoms with E-state index in [1.54, 1.807) is 20.0 Å². The minimum Gasteiger partial charge on any atom is -0.481 e. The summed E-state index contributed by atoms with van der Waals surface area (Å²) in [5, 5.41) is 2.67. The fourth-order valence-corrected chi connectivity index (χ4v) is 2.76. The van der Waals surface area contributed by atoms with E-state index in [1.165, 1.54) is 4.40 Å². The number of benzene rings is 1. The van der Waals surface area contributed by atoms with Crippen molar-refractivity contribution in [1.82, 2.24) is 9.38 Å². The monoisotopic (exact) mass is 365 g/mol. The lowest BCUT2D eigenvalue weighted by atomic mass is 10.1. The Balaban J connectivity index is 1.83. The van der Waals surface area contributed by atoms with Crippen LogP contribution in [0.2, 0.25) is 0 Å². The second-order valence-corrected chi connectivity index (χ2v) is 6.81. The van der Waals surface area contributed by atoms with Gasteiger partial charge in [-0.2, -0.15) is 0 Å². The maximum Gasteiger partial charge on any atom is 0.281 e. The van der Waals surface area contributed by atoms with Crippen molar-refractivity contribution in [2.24, 2.45) is 0 Å². The molecule has 0 unspecified atom stereocenters. The molecule has 0 spiro atoms. The number of nitrogens with zero attached hydrogens (tertiary/aromatic N) is 2. The molecule has 1 N–H and O–H groups in total. The first-order chi connectivity index (χ1) is 12.8. The molecule has 3 aromatic rings. The number of nitrogens with one attached hydrogen (secondary N) is 1. The third kappa shape index (κ3) is 3.84. The Hall–Kier alpha value is -3.15. The van der Waals surface area contributed by atoms with Crippen LogP contribution in [0.15, 0.2) is 41.3 Å². The van der Waals surface area contributed by atoms with Crippen LogP contribution >= 0.6 is 0 Å². The lowest BCUT2D eigenvalue weighted by molar-refractivity contribution is -0.122. The molecule has 0 saturated heterocycles.